The van der Waals surface area contributed by atoms with Crippen LogP contribution in [0, 0.1) is 0 Å². The van der Waals surface area contributed by atoms with Crippen molar-refractivity contribution in [1.82, 2.24) is 14.9 Å². The van der Waals surface area contributed by atoms with Gasteiger partial charge in [-0.25, -0.2) is 0 Å². The molecule has 0 saturated carbocycles. The van der Waals surface area contributed by atoms with Gasteiger partial charge in [-0.2, -0.15) is 0 Å². The summed E-state index contributed by atoms with van der Waals surface area (Å²) in [6.07, 6.45) is 6.22. The molecule has 0 radical (unpaired) electrons. The lowest BCUT2D eigenvalue weighted by Crippen LogP contribution is -2.38. The van der Waals surface area contributed by atoms with E-state index in [1.807, 2.05) is 47.5 Å². The number of fused-ring (bicyclic) bond motifs is 1. The van der Waals surface area contributed by atoms with Gasteiger partial charge in [0, 0.05) is 30.5 Å². The number of aromatic nitrogens is 2. The first-order valence-electron chi connectivity index (χ1n) is 8.65. The van der Waals surface area contributed by atoms with Crippen molar-refractivity contribution in [2.24, 2.45) is 0 Å². The van der Waals surface area contributed by atoms with E-state index in [4.69, 9.17) is 11.6 Å². The Bertz CT molecular complexity index is 897. The zero-order chi connectivity index (χ0) is 17.2. The molecule has 0 unspecified atom stereocenters. The average Bonchev–Trinajstić information content (AvgIpc) is 3.08. The van der Waals surface area contributed by atoms with Gasteiger partial charge in [-0.15, -0.1) is 0 Å². The summed E-state index contributed by atoms with van der Waals surface area (Å²) in [5.41, 5.74) is 4.31. The van der Waals surface area contributed by atoms with Gasteiger partial charge in [-0.05, 0) is 48.1 Å². The third-order valence-electron chi connectivity index (χ3n) is 5.05. The molecule has 3 heterocycles. The van der Waals surface area contributed by atoms with Crippen LogP contribution in [0.2, 0.25) is 5.02 Å². The number of nitrogens with zero attached hydrogens (tertiary/aromatic N) is 2. The second kappa shape index (κ2) is 6.89. The predicted molar refractivity (Wildman–Crippen MR) is 99.8 cm³/mol. The largest absolute Gasteiger partial charge is 0.360 e. The molecule has 25 heavy (non-hydrogen) atoms. The van der Waals surface area contributed by atoms with Gasteiger partial charge in [0.05, 0.1) is 17.5 Å². The van der Waals surface area contributed by atoms with Crippen LogP contribution < -0.4 is 0 Å². The van der Waals surface area contributed by atoms with Crippen LogP contribution in [-0.2, 0) is 11.2 Å². The number of carbonyl (C=O) groups is 1. The van der Waals surface area contributed by atoms with Crippen molar-refractivity contribution in [3.05, 3.63) is 64.9 Å². The number of piperidine rings is 1. The summed E-state index contributed by atoms with van der Waals surface area (Å²) in [5, 5.41) is 0.663. The Kier molecular flexibility index (Phi) is 4.45. The van der Waals surface area contributed by atoms with E-state index in [0.29, 0.717) is 17.4 Å². The Morgan fingerprint density at radius 1 is 1.20 bits per heavy atom. The molecule has 1 aromatic carbocycles. The standard InChI is InChI=1S/C20H20ClN3O/c21-17-5-2-1-4-15(17)12-19(25)24-10-7-14(8-11-24)16-13-23-18-6-3-9-22-20(16)18/h1-6,9,13-14,23H,7-8,10-12H2. The third kappa shape index (κ3) is 3.27. The molecule has 1 saturated heterocycles. The summed E-state index contributed by atoms with van der Waals surface area (Å²) in [4.78, 5) is 22.3. The first-order valence-corrected chi connectivity index (χ1v) is 9.03. The number of hydrogen-bond donors (Lipinski definition) is 1. The van der Waals surface area contributed by atoms with Crippen LogP contribution >= 0.6 is 11.6 Å². The molecule has 0 aliphatic carbocycles. The minimum atomic E-state index is 0.156. The van der Waals surface area contributed by atoms with Gasteiger partial charge in [-0.3, -0.25) is 9.78 Å². The molecule has 1 amide bonds. The summed E-state index contributed by atoms with van der Waals surface area (Å²) in [5.74, 6) is 0.608. The number of carbonyl (C=O) groups excluding carboxylic acids is 1. The molecule has 4 nitrogen and oxygen atoms in total. The van der Waals surface area contributed by atoms with Crippen LogP contribution in [-0.4, -0.2) is 33.9 Å². The number of halogens is 1. The fraction of sp³-hybridized carbons (Fsp3) is 0.300. The van der Waals surface area contributed by atoms with Crippen LogP contribution in [0.4, 0.5) is 0 Å². The Hall–Kier alpha value is -2.33. The molecule has 3 aromatic rings. The maximum Gasteiger partial charge on any atom is 0.227 e. The van der Waals surface area contributed by atoms with E-state index in [9.17, 15) is 4.79 Å². The van der Waals surface area contributed by atoms with Gasteiger partial charge in [0.2, 0.25) is 5.91 Å². The number of nitrogens with one attached hydrogen (secondary N) is 1. The van der Waals surface area contributed by atoms with Gasteiger partial charge < -0.3 is 9.88 Å². The third-order valence-corrected chi connectivity index (χ3v) is 5.42. The van der Waals surface area contributed by atoms with Crippen molar-refractivity contribution in [2.75, 3.05) is 13.1 Å². The fourth-order valence-corrected chi connectivity index (χ4v) is 3.85. The number of likely N-dealkylation sites (tertiary alicyclic amines) is 1. The molecule has 1 aliphatic rings. The number of aromatic amines is 1. The topological polar surface area (TPSA) is 49.0 Å². The molecule has 0 spiro atoms. The van der Waals surface area contributed by atoms with E-state index < -0.39 is 0 Å². The minimum absolute atomic E-state index is 0.156. The second-order valence-electron chi connectivity index (χ2n) is 6.57. The van der Waals surface area contributed by atoms with Gasteiger partial charge in [0.25, 0.3) is 0 Å². The summed E-state index contributed by atoms with van der Waals surface area (Å²) in [6, 6.07) is 11.6. The average molecular weight is 354 g/mol. The highest BCUT2D eigenvalue weighted by Gasteiger charge is 2.26. The first kappa shape index (κ1) is 16.2. The molecule has 4 rings (SSSR count). The number of amides is 1. The van der Waals surface area contributed by atoms with Gasteiger partial charge in [-0.1, -0.05) is 29.8 Å². The Morgan fingerprint density at radius 2 is 2.00 bits per heavy atom. The molecule has 0 bridgehead atoms. The normalized spacial score (nSPS) is 15.6. The van der Waals surface area contributed by atoms with Crippen LogP contribution in [0.15, 0.2) is 48.8 Å². The number of hydrogen-bond acceptors (Lipinski definition) is 2. The highest BCUT2D eigenvalue weighted by atomic mass is 35.5. The summed E-state index contributed by atoms with van der Waals surface area (Å²) < 4.78 is 0. The van der Waals surface area contributed by atoms with Crippen molar-refractivity contribution >= 4 is 28.5 Å². The van der Waals surface area contributed by atoms with E-state index in [-0.39, 0.29) is 5.91 Å². The Balaban J connectivity index is 1.41. The summed E-state index contributed by atoms with van der Waals surface area (Å²) >= 11 is 6.17. The van der Waals surface area contributed by atoms with E-state index in [1.165, 1.54) is 5.56 Å². The second-order valence-corrected chi connectivity index (χ2v) is 6.97. The maximum absolute atomic E-state index is 12.6. The summed E-state index contributed by atoms with van der Waals surface area (Å²) in [6.45, 7) is 1.57. The quantitative estimate of drug-likeness (QED) is 0.768. The number of pyridine rings is 1. The zero-order valence-corrected chi connectivity index (χ0v) is 14.7. The van der Waals surface area contributed by atoms with Gasteiger partial charge >= 0.3 is 0 Å². The number of benzene rings is 1. The predicted octanol–water partition coefficient (Wildman–Crippen LogP) is 4.17. The zero-order valence-electron chi connectivity index (χ0n) is 13.9. The molecular formula is C20H20ClN3O. The highest BCUT2D eigenvalue weighted by molar-refractivity contribution is 6.31. The van der Waals surface area contributed by atoms with Crippen molar-refractivity contribution in [1.29, 1.82) is 0 Å². The van der Waals surface area contributed by atoms with Crippen LogP contribution in [0.3, 0.4) is 0 Å². The van der Waals surface area contributed by atoms with E-state index >= 15 is 0 Å². The molecule has 5 heteroatoms. The SMILES string of the molecule is O=C(Cc1ccccc1Cl)N1CCC(c2c[nH]c3cccnc23)CC1. The molecule has 0 atom stereocenters. The van der Waals surface area contributed by atoms with Crippen molar-refractivity contribution < 1.29 is 4.79 Å². The van der Waals surface area contributed by atoms with E-state index in [0.717, 1.165) is 42.5 Å². The first-order chi connectivity index (χ1) is 12.2. The van der Waals surface area contributed by atoms with Crippen LogP contribution in [0.1, 0.15) is 29.9 Å². The molecule has 2 aromatic heterocycles. The monoisotopic (exact) mass is 353 g/mol. The maximum atomic E-state index is 12.6. The van der Waals surface area contributed by atoms with Crippen molar-refractivity contribution in [3.63, 3.8) is 0 Å². The van der Waals surface area contributed by atoms with E-state index in [1.54, 1.807) is 0 Å². The van der Waals surface area contributed by atoms with Gasteiger partial charge in [0.15, 0.2) is 0 Å². The molecular weight excluding hydrogens is 334 g/mol. The molecule has 1 fully saturated rings. The van der Waals surface area contributed by atoms with Crippen molar-refractivity contribution in [3.8, 4) is 0 Å². The van der Waals surface area contributed by atoms with E-state index in [2.05, 4.69) is 16.2 Å². The fourth-order valence-electron chi connectivity index (χ4n) is 3.64. The van der Waals surface area contributed by atoms with Crippen molar-refractivity contribution in [2.45, 2.75) is 25.2 Å². The lowest BCUT2D eigenvalue weighted by molar-refractivity contribution is -0.131. The van der Waals surface area contributed by atoms with Gasteiger partial charge in [0.1, 0.15) is 0 Å². The lowest BCUT2D eigenvalue weighted by atomic mass is 9.90. The highest BCUT2D eigenvalue weighted by Crippen LogP contribution is 2.32. The minimum Gasteiger partial charge on any atom is -0.360 e. The van der Waals surface area contributed by atoms with Crippen LogP contribution in [0.5, 0.6) is 0 Å². The van der Waals surface area contributed by atoms with Crippen LogP contribution in [0.25, 0.3) is 11.0 Å². The molecule has 1 aliphatic heterocycles. The molecule has 128 valence electrons. The molecule has 1 N–H and O–H groups in total. The Labute approximate surface area is 151 Å². The number of rotatable bonds is 3. The smallest absolute Gasteiger partial charge is 0.227 e. The summed E-state index contributed by atoms with van der Waals surface area (Å²) in [7, 11) is 0. The Morgan fingerprint density at radius 3 is 2.80 bits per heavy atom. The lowest BCUT2D eigenvalue weighted by Gasteiger charge is -2.32. The number of H-pyrrole nitrogens is 1.